The Morgan fingerprint density at radius 2 is 1.82 bits per heavy atom. The standard InChI is InChI=1S/C7H18NO2.H2O/c1-4-8(2,3)5-7(10)6-9;/h7,9-10H,4-6H2,1-3H3;1H2/q+1;/p-1. The van der Waals surface area contributed by atoms with E-state index in [2.05, 4.69) is 6.92 Å². The molecule has 1 atom stereocenters. The summed E-state index contributed by atoms with van der Waals surface area (Å²) in [5.74, 6) is 0. The molecule has 1 unspecified atom stereocenters. The first kappa shape index (κ1) is 13.4. The highest BCUT2D eigenvalue weighted by molar-refractivity contribution is 4.48. The number of quaternary nitrogens is 1. The van der Waals surface area contributed by atoms with Gasteiger partial charge in [0.05, 0.1) is 27.2 Å². The lowest BCUT2D eigenvalue weighted by atomic mass is 10.3. The highest BCUT2D eigenvalue weighted by Gasteiger charge is 2.16. The van der Waals surface area contributed by atoms with Crippen molar-refractivity contribution in [1.82, 2.24) is 0 Å². The van der Waals surface area contributed by atoms with E-state index in [4.69, 9.17) is 10.2 Å². The minimum absolute atomic E-state index is 0. The maximum atomic E-state index is 9.06. The summed E-state index contributed by atoms with van der Waals surface area (Å²) in [6.07, 6.45) is -0.574. The van der Waals surface area contributed by atoms with Gasteiger partial charge in [-0.3, -0.25) is 0 Å². The van der Waals surface area contributed by atoms with Gasteiger partial charge in [-0.25, -0.2) is 0 Å². The lowest BCUT2D eigenvalue weighted by Gasteiger charge is -2.29. The van der Waals surface area contributed by atoms with Crippen molar-refractivity contribution in [2.45, 2.75) is 13.0 Å². The largest absolute Gasteiger partial charge is 0.870 e. The SMILES string of the molecule is CC[N+](C)(C)CC(O)CO.[OH-]. The molecule has 0 spiro atoms. The molecular formula is C7H19NO3. The van der Waals surface area contributed by atoms with Crippen LogP contribution in [0.2, 0.25) is 0 Å². The first-order chi connectivity index (χ1) is 4.52. The molecule has 4 heteroatoms. The second-order valence-electron chi connectivity index (χ2n) is 3.27. The number of nitrogens with zero attached hydrogens (tertiary/aromatic N) is 1. The van der Waals surface area contributed by atoms with Crippen LogP contribution in [0, 0.1) is 0 Å². The van der Waals surface area contributed by atoms with Crippen molar-refractivity contribution in [2.24, 2.45) is 0 Å². The highest BCUT2D eigenvalue weighted by Crippen LogP contribution is 1.97. The molecule has 0 aliphatic rings. The number of aliphatic hydroxyl groups is 2. The molecule has 0 saturated heterocycles. The normalized spacial score (nSPS) is 13.9. The molecule has 0 aromatic heterocycles. The Morgan fingerprint density at radius 3 is 2.09 bits per heavy atom. The second kappa shape index (κ2) is 5.49. The summed E-state index contributed by atoms with van der Waals surface area (Å²) >= 11 is 0. The van der Waals surface area contributed by atoms with Gasteiger partial charge >= 0.3 is 0 Å². The van der Waals surface area contributed by atoms with E-state index in [0.29, 0.717) is 6.54 Å². The molecule has 0 heterocycles. The number of hydrogen-bond acceptors (Lipinski definition) is 3. The average Bonchev–Trinajstić information content (AvgIpc) is 1.87. The van der Waals surface area contributed by atoms with Gasteiger partial charge in [0, 0.05) is 0 Å². The Bertz CT molecular complexity index is 95.7. The minimum atomic E-state index is -0.574. The molecule has 4 nitrogen and oxygen atoms in total. The topological polar surface area (TPSA) is 70.5 Å². The molecular weight excluding hydrogens is 146 g/mol. The summed E-state index contributed by atoms with van der Waals surface area (Å²) < 4.78 is 0.752. The molecule has 0 aromatic rings. The maximum Gasteiger partial charge on any atom is 0.126 e. The molecule has 0 amide bonds. The summed E-state index contributed by atoms with van der Waals surface area (Å²) in [6.45, 7) is 3.51. The van der Waals surface area contributed by atoms with Gasteiger partial charge in [0.25, 0.3) is 0 Å². The summed E-state index contributed by atoms with van der Waals surface area (Å²) in [6, 6.07) is 0. The molecule has 0 bridgehead atoms. The fraction of sp³-hybridized carbons (Fsp3) is 1.00. The first-order valence-electron chi connectivity index (χ1n) is 3.62. The molecule has 70 valence electrons. The first-order valence-corrected chi connectivity index (χ1v) is 3.62. The van der Waals surface area contributed by atoms with Crippen LogP contribution in [-0.2, 0) is 0 Å². The Labute approximate surface area is 68.0 Å². The van der Waals surface area contributed by atoms with Crippen molar-refractivity contribution in [3.8, 4) is 0 Å². The van der Waals surface area contributed by atoms with Crippen molar-refractivity contribution in [1.29, 1.82) is 0 Å². The molecule has 0 rings (SSSR count). The zero-order chi connectivity index (χ0) is 8.20. The number of likely N-dealkylation sites (N-methyl/N-ethyl adjacent to an activating group) is 1. The molecule has 0 aliphatic heterocycles. The molecule has 3 N–H and O–H groups in total. The summed E-state index contributed by atoms with van der Waals surface area (Å²) in [4.78, 5) is 0. The van der Waals surface area contributed by atoms with Gasteiger partial charge < -0.3 is 20.2 Å². The van der Waals surface area contributed by atoms with E-state index in [1.165, 1.54) is 0 Å². The minimum Gasteiger partial charge on any atom is -0.870 e. The van der Waals surface area contributed by atoms with Gasteiger partial charge in [-0.15, -0.1) is 0 Å². The average molecular weight is 165 g/mol. The smallest absolute Gasteiger partial charge is 0.126 e. The third-order valence-corrected chi connectivity index (χ3v) is 1.77. The van der Waals surface area contributed by atoms with E-state index in [-0.39, 0.29) is 12.1 Å². The Balaban J connectivity index is 0. The van der Waals surface area contributed by atoms with Gasteiger partial charge in [0.2, 0.25) is 0 Å². The quantitative estimate of drug-likeness (QED) is 0.539. The number of hydrogen-bond donors (Lipinski definition) is 2. The summed E-state index contributed by atoms with van der Waals surface area (Å²) in [5, 5.41) is 17.6. The van der Waals surface area contributed by atoms with Crippen molar-refractivity contribution in [3.05, 3.63) is 0 Å². The van der Waals surface area contributed by atoms with Gasteiger partial charge in [-0.1, -0.05) is 0 Å². The van der Waals surface area contributed by atoms with E-state index < -0.39 is 6.10 Å². The molecule has 0 aromatic carbocycles. The molecule has 0 saturated carbocycles. The van der Waals surface area contributed by atoms with E-state index in [1.807, 2.05) is 14.1 Å². The van der Waals surface area contributed by atoms with Crippen molar-refractivity contribution < 1.29 is 20.2 Å². The highest BCUT2D eigenvalue weighted by atomic mass is 16.3. The Hall–Kier alpha value is -0.160. The monoisotopic (exact) mass is 165 g/mol. The van der Waals surface area contributed by atoms with Gasteiger partial charge in [0.15, 0.2) is 0 Å². The Kier molecular flexibility index (Phi) is 6.70. The molecule has 0 fully saturated rings. The predicted molar refractivity (Wildman–Crippen MR) is 42.5 cm³/mol. The molecule has 0 aliphatic carbocycles. The van der Waals surface area contributed by atoms with Crippen LogP contribution in [-0.4, -0.2) is 60.1 Å². The zero-order valence-electron chi connectivity index (χ0n) is 7.49. The van der Waals surface area contributed by atoms with Gasteiger partial charge in [-0.2, -0.15) is 0 Å². The van der Waals surface area contributed by atoms with Crippen LogP contribution in [0.1, 0.15) is 6.92 Å². The lowest BCUT2D eigenvalue weighted by molar-refractivity contribution is -0.891. The van der Waals surface area contributed by atoms with Crippen LogP contribution >= 0.6 is 0 Å². The lowest BCUT2D eigenvalue weighted by Crippen LogP contribution is -2.46. The van der Waals surface area contributed by atoms with E-state index >= 15 is 0 Å². The zero-order valence-corrected chi connectivity index (χ0v) is 7.49. The third kappa shape index (κ3) is 6.25. The van der Waals surface area contributed by atoms with Crippen molar-refractivity contribution in [2.75, 3.05) is 33.8 Å². The second-order valence-corrected chi connectivity index (χ2v) is 3.27. The van der Waals surface area contributed by atoms with Crippen LogP contribution in [0.15, 0.2) is 0 Å². The van der Waals surface area contributed by atoms with Crippen LogP contribution < -0.4 is 0 Å². The fourth-order valence-corrected chi connectivity index (χ4v) is 0.757. The predicted octanol–water partition coefficient (Wildman–Crippen LogP) is -0.741. The Morgan fingerprint density at radius 1 is 1.36 bits per heavy atom. The summed E-state index contributed by atoms with van der Waals surface area (Å²) in [7, 11) is 4.05. The molecule has 0 radical (unpaired) electrons. The summed E-state index contributed by atoms with van der Waals surface area (Å²) in [5.41, 5.74) is 0. The number of rotatable bonds is 4. The van der Waals surface area contributed by atoms with E-state index in [9.17, 15) is 0 Å². The van der Waals surface area contributed by atoms with E-state index in [0.717, 1.165) is 11.0 Å². The van der Waals surface area contributed by atoms with Crippen LogP contribution in [0.3, 0.4) is 0 Å². The van der Waals surface area contributed by atoms with Crippen molar-refractivity contribution in [3.63, 3.8) is 0 Å². The van der Waals surface area contributed by atoms with Gasteiger partial charge in [0.1, 0.15) is 12.6 Å². The van der Waals surface area contributed by atoms with Crippen LogP contribution in [0.5, 0.6) is 0 Å². The van der Waals surface area contributed by atoms with Crippen LogP contribution in [0.25, 0.3) is 0 Å². The van der Waals surface area contributed by atoms with Crippen molar-refractivity contribution >= 4 is 0 Å². The number of aliphatic hydroxyl groups excluding tert-OH is 2. The van der Waals surface area contributed by atoms with E-state index in [1.54, 1.807) is 0 Å². The fourth-order valence-electron chi connectivity index (χ4n) is 0.757. The van der Waals surface area contributed by atoms with Gasteiger partial charge in [-0.05, 0) is 6.92 Å². The molecule has 11 heavy (non-hydrogen) atoms. The van der Waals surface area contributed by atoms with Crippen LogP contribution in [0.4, 0.5) is 0 Å². The third-order valence-electron chi connectivity index (χ3n) is 1.77. The maximum absolute atomic E-state index is 9.06.